The van der Waals surface area contributed by atoms with E-state index in [1.165, 1.54) is 11.3 Å². The van der Waals surface area contributed by atoms with E-state index in [1.807, 2.05) is 50.2 Å². The molecule has 3 aromatic rings. The molecule has 1 amide bonds. The first kappa shape index (κ1) is 17.5. The number of nitrogens with one attached hydrogen (secondary N) is 1. The number of ether oxygens (including phenoxy) is 1. The van der Waals surface area contributed by atoms with Crippen LogP contribution in [0.25, 0.3) is 10.1 Å². The highest BCUT2D eigenvalue weighted by atomic mass is 35.5. The second kappa shape index (κ2) is 7.25. The molecule has 128 valence electrons. The number of rotatable bonds is 4. The number of carbonyl (C=O) groups excluding carboxylic acids is 1. The summed E-state index contributed by atoms with van der Waals surface area (Å²) in [4.78, 5) is 12.9. The van der Waals surface area contributed by atoms with Crippen LogP contribution in [-0.2, 0) is 0 Å². The predicted octanol–water partition coefficient (Wildman–Crippen LogP) is 4.94. The summed E-state index contributed by atoms with van der Waals surface area (Å²) in [6.07, 6.45) is 1.60. The molecule has 6 heteroatoms. The highest BCUT2D eigenvalue weighted by Crippen LogP contribution is 2.35. The normalized spacial score (nSPS) is 11.2. The van der Waals surface area contributed by atoms with Crippen molar-refractivity contribution in [3.63, 3.8) is 0 Å². The van der Waals surface area contributed by atoms with Crippen LogP contribution < -0.4 is 10.2 Å². The molecule has 0 fully saturated rings. The number of hydrogen-bond acceptors (Lipinski definition) is 4. The smallest absolute Gasteiger partial charge is 0.283 e. The van der Waals surface area contributed by atoms with E-state index in [0.29, 0.717) is 9.90 Å². The van der Waals surface area contributed by atoms with Gasteiger partial charge in [0.25, 0.3) is 5.91 Å². The van der Waals surface area contributed by atoms with Crippen molar-refractivity contribution in [1.29, 1.82) is 0 Å². The minimum absolute atomic E-state index is 0.319. The van der Waals surface area contributed by atoms with Crippen LogP contribution in [0.15, 0.2) is 41.5 Å². The number of benzene rings is 2. The average Bonchev–Trinajstić information content (AvgIpc) is 2.92. The van der Waals surface area contributed by atoms with Crippen LogP contribution in [0.3, 0.4) is 0 Å². The number of methoxy groups -OCH3 is 1. The second-order valence-electron chi connectivity index (χ2n) is 5.62. The number of halogens is 1. The van der Waals surface area contributed by atoms with E-state index >= 15 is 0 Å². The van der Waals surface area contributed by atoms with Gasteiger partial charge in [-0.25, -0.2) is 5.43 Å². The molecule has 1 heterocycles. The highest BCUT2D eigenvalue weighted by molar-refractivity contribution is 7.21. The summed E-state index contributed by atoms with van der Waals surface area (Å²) in [6.45, 7) is 3.95. The fraction of sp³-hybridized carbons (Fsp3) is 0.158. The molecule has 0 atom stereocenters. The van der Waals surface area contributed by atoms with Crippen molar-refractivity contribution < 1.29 is 9.53 Å². The van der Waals surface area contributed by atoms with Crippen molar-refractivity contribution in [3.05, 3.63) is 63.0 Å². The maximum Gasteiger partial charge on any atom is 0.283 e. The van der Waals surface area contributed by atoms with Crippen LogP contribution in [0, 0.1) is 13.8 Å². The molecule has 0 aliphatic rings. The van der Waals surface area contributed by atoms with Gasteiger partial charge in [-0.15, -0.1) is 11.3 Å². The number of nitrogens with zero attached hydrogens (tertiary/aromatic N) is 1. The Hall–Kier alpha value is -2.37. The quantitative estimate of drug-likeness (QED) is 0.520. The number of aryl methyl sites for hydroxylation is 1. The van der Waals surface area contributed by atoms with Gasteiger partial charge in [0.1, 0.15) is 10.6 Å². The maximum atomic E-state index is 12.4. The van der Waals surface area contributed by atoms with E-state index < -0.39 is 0 Å². The van der Waals surface area contributed by atoms with Crippen LogP contribution in [0.4, 0.5) is 0 Å². The molecule has 0 spiro atoms. The second-order valence-corrected chi connectivity index (χ2v) is 7.05. The first-order valence-corrected chi connectivity index (χ1v) is 8.86. The van der Waals surface area contributed by atoms with Crippen molar-refractivity contribution in [1.82, 2.24) is 5.43 Å². The molecule has 1 aromatic heterocycles. The Morgan fingerprint density at radius 3 is 2.84 bits per heavy atom. The maximum absolute atomic E-state index is 12.4. The highest BCUT2D eigenvalue weighted by Gasteiger charge is 2.16. The Kier molecular flexibility index (Phi) is 5.06. The van der Waals surface area contributed by atoms with Gasteiger partial charge >= 0.3 is 0 Å². The van der Waals surface area contributed by atoms with Crippen LogP contribution >= 0.6 is 22.9 Å². The fourth-order valence-corrected chi connectivity index (χ4v) is 4.03. The third kappa shape index (κ3) is 3.52. The van der Waals surface area contributed by atoms with Crippen LogP contribution in [-0.4, -0.2) is 19.2 Å². The third-order valence-electron chi connectivity index (χ3n) is 3.91. The van der Waals surface area contributed by atoms with Crippen molar-refractivity contribution in [3.8, 4) is 5.75 Å². The molecule has 2 aromatic carbocycles. The van der Waals surface area contributed by atoms with E-state index in [-0.39, 0.29) is 5.91 Å². The monoisotopic (exact) mass is 372 g/mol. The van der Waals surface area contributed by atoms with Crippen LogP contribution in [0.2, 0.25) is 5.02 Å². The van der Waals surface area contributed by atoms with E-state index in [9.17, 15) is 4.79 Å². The van der Waals surface area contributed by atoms with Gasteiger partial charge in [-0.05, 0) is 37.1 Å². The lowest BCUT2D eigenvalue weighted by Crippen LogP contribution is -2.16. The molecule has 4 nitrogen and oxygen atoms in total. The van der Waals surface area contributed by atoms with E-state index in [4.69, 9.17) is 16.3 Å². The lowest BCUT2D eigenvalue weighted by Gasteiger charge is -2.06. The molecule has 25 heavy (non-hydrogen) atoms. The molecule has 1 N–H and O–H groups in total. The number of thiophene rings is 1. The Morgan fingerprint density at radius 1 is 1.28 bits per heavy atom. The number of hydrogen-bond donors (Lipinski definition) is 1. The summed E-state index contributed by atoms with van der Waals surface area (Å²) in [6, 6.07) is 11.6. The molecule has 0 radical (unpaired) electrons. The zero-order valence-electron chi connectivity index (χ0n) is 14.1. The van der Waals surface area contributed by atoms with Gasteiger partial charge in [-0.3, -0.25) is 4.79 Å². The zero-order valence-corrected chi connectivity index (χ0v) is 15.7. The predicted molar refractivity (Wildman–Crippen MR) is 104 cm³/mol. The van der Waals surface area contributed by atoms with E-state index in [0.717, 1.165) is 32.5 Å². The van der Waals surface area contributed by atoms with E-state index in [1.54, 1.807) is 13.3 Å². The minimum atomic E-state index is -0.319. The van der Waals surface area contributed by atoms with Gasteiger partial charge in [0, 0.05) is 15.6 Å². The SMILES string of the molecule is COc1cccc(/C=N/NC(=O)c2sc3cc(C)ccc3c2Cl)c1C. The van der Waals surface area contributed by atoms with Crippen molar-refractivity contribution in [2.75, 3.05) is 7.11 Å². The van der Waals surface area contributed by atoms with Gasteiger partial charge in [-0.1, -0.05) is 35.9 Å². The lowest BCUT2D eigenvalue weighted by atomic mass is 10.1. The van der Waals surface area contributed by atoms with Crippen molar-refractivity contribution >= 4 is 45.1 Å². The van der Waals surface area contributed by atoms with Gasteiger partial charge in [0.15, 0.2) is 0 Å². The zero-order chi connectivity index (χ0) is 18.0. The first-order chi connectivity index (χ1) is 12.0. The molecule has 0 aliphatic heterocycles. The van der Waals surface area contributed by atoms with E-state index in [2.05, 4.69) is 10.5 Å². The van der Waals surface area contributed by atoms with Gasteiger partial charge < -0.3 is 4.74 Å². The van der Waals surface area contributed by atoms with Gasteiger partial charge in [0.2, 0.25) is 0 Å². The van der Waals surface area contributed by atoms with Gasteiger partial charge in [-0.2, -0.15) is 5.10 Å². The summed E-state index contributed by atoms with van der Waals surface area (Å²) in [5.41, 5.74) is 5.50. The summed E-state index contributed by atoms with van der Waals surface area (Å²) >= 11 is 7.71. The molecular formula is C19H17ClN2O2S. The molecule has 0 saturated carbocycles. The van der Waals surface area contributed by atoms with Crippen LogP contribution in [0.5, 0.6) is 5.75 Å². The van der Waals surface area contributed by atoms with Crippen LogP contribution in [0.1, 0.15) is 26.4 Å². The molecule has 0 aliphatic carbocycles. The largest absolute Gasteiger partial charge is 0.496 e. The average molecular weight is 373 g/mol. The Balaban J connectivity index is 1.80. The first-order valence-electron chi connectivity index (χ1n) is 7.67. The standard InChI is InChI=1S/C19H17ClN2O2S/c1-11-7-8-14-16(9-11)25-18(17(14)20)19(23)22-21-10-13-5-4-6-15(24-3)12(13)2/h4-10H,1-3H3,(H,22,23)/b21-10+. The molecule has 0 bridgehead atoms. The summed E-state index contributed by atoms with van der Waals surface area (Å²) in [7, 11) is 1.62. The Labute approximate surface area is 155 Å². The minimum Gasteiger partial charge on any atom is -0.496 e. The number of fused-ring (bicyclic) bond motifs is 1. The number of hydrazone groups is 1. The molecular weight excluding hydrogens is 356 g/mol. The third-order valence-corrected chi connectivity index (χ3v) is 5.56. The van der Waals surface area contributed by atoms with Crippen molar-refractivity contribution in [2.24, 2.45) is 5.10 Å². The number of amides is 1. The van der Waals surface area contributed by atoms with Crippen molar-refractivity contribution in [2.45, 2.75) is 13.8 Å². The Morgan fingerprint density at radius 2 is 2.08 bits per heavy atom. The topological polar surface area (TPSA) is 50.7 Å². The molecule has 0 saturated heterocycles. The molecule has 0 unspecified atom stereocenters. The lowest BCUT2D eigenvalue weighted by molar-refractivity contribution is 0.0959. The summed E-state index contributed by atoms with van der Waals surface area (Å²) in [5, 5.41) is 5.40. The number of carbonyl (C=O) groups is 1. The summed E-state index contributed by atoms with van der Waals surface area (Å²) < 4.78 is 6.27. The Bertz CT molecular complexity index is 979. The fourth-order valence-electron chi connectivity index (χ4n) is 2.52. The summed E-state index contributed by atoms with van der Waals surface area (Å²) in [5.74, 6) is 0.457. The molecule has 3 rings (SSSR count). The van der Waals surface area contributed by atoms with Gasteiger partial charge in [0.05, 0.1) is 18.3 Å².